The number of hydrogen-bond donors (Lipinski definition) is 1. The standard InChI is InChI=1S/C18H35N3O4S2/c1-3-27(23,24)19-17(7-15-26-2)18(22)21-9-5-16(6-10-21)4-8-20-11-13-25-14-12-20/h16-17,19H,3-15H2,1-2H3. The highest BCUT2D eigenvalue weighted by molar-refractivity contribution is 7.98. The van der Waals surface area contributed by atoms with Gasteiger partial charge < -0.3 is 9.64 Å². The van der Waals surface area contributed by atoms with Crippen LogP contribution in [0.25, 0.3) is 0 Å². The topological polar surface area (TPSA) is 79.0 Å². The summed E-state index contributed by atoms with van der Waals surface area (Å²) in [5, 5.41) is 0. The molecule has 2 saturated heterocycles. The summed E-state index contributed by atoms with van der Waals surface area (Å²) in [7, 11) is -3.39. The molecule has 0 aromatic rings. The maximum atomic E-state index is 12.9. The molecule has 27 heavy (non-hydrogen) atoms. The number of thioether (sulfide) groups is 1. The van der Waals surface area contributed by atoms with Crippen LogP contribution in [0.3, 0.4) is 0 Å². The molecule has 2 aliphatic rings. The number of ether oxygens (including phenoxy) is 1. The van der Waals surface area contributed by atoms with E-state index in [1.165, 1.54) is 6.42 Å². The highest BCUT2D eigenvalue weighted by atomic mass is 32.2. The maximum Gasteiger partial charge on any atom is 0.240 e. The molecule has 9 heteroatoms. The third kappa shape index (κ3) is 7.89. The first-order valence-electron chi connectivity index (χ1n) is 10.0. The fraction of sp³-hybridized carbons (Fsp3) is 0.944. The lowest BCUT2D eigenvalue weighted by atomic mass is 9.93. The fourth-order valence-corrected chi connectivity index (χ4v) is 4.91. The van der Waals surface area contributed by atoms with Crippen molar-refractivity contribution in [2.75, 3.05) is 63.7 Å². The van der Waals surface area contributed by atoms with Crippen LogP contribution >= 0.6 is 11.8 Å². The van der Waals surface area contributed by atoms with Crippen LogP contribution in [0.15, 0.2) is 0 Å². The van der Waals surface area contributed by atoms with Crippen LogP contribution in [-0.4, -0.2) is 93.9 Å². The van der Waals surface area contributed by atoms with Crippen LogP contribution in [0.5, 0.6) is 0 Å². The van der Waals surface area contributed by atoms with Gasteiger partial charge >= 0.3 is 0 Å². The summed E-state index contributed by atoms with van der Waals surface area (Å²) in [5.74, 6) is 1.35. The lowest BCUT2D eigenvalue weighted by Crippen LogP contribution is -2.51. The molecule has 1 N–H and O–H groups in total. The first-order chi connectivity index (χ1) is 12.9. The second-order valence-corrected chi connectivity index (χ2v) is 10.4. The van der Waals surface area contributed by atoms with Gasteiger partial charge in [-0.3, -0.25) is 9.69 Å². The van der Waals surface area contributed by atoms with Crippen molar-refractivity contribution in [2.24, 2.45) is 5.92 Å². The van der Waals surface area contributed by atoms with Crippen LogP contribution in [0.1, 0.15) is 32.6 Å². The fourth-order valence-electron chi connectivity index (χ4n) is 3.62. The number of piperidine rings is 1. The number of hydrogen-bond acceptors (Lipinski definition) is 6. The Morgan fingerprint density at radius 2 is 1.89 bits per heavy atom. The van der Waals surface area contributed by atoms with Crippen LogP contribution in [0, 0.1) is 5.92 Å². The van der Waals surface area contributed by atoms with E-state index in [-0.39, 0.29) is 11.7 Å². The normalized spacial score (nSPS) is 21.3. The van der Waals surface area contributed by atoms with E-state index in [9.17, 15) is 13.2 Å². The predicted molar refractivity (Wildman–Crippen MR) is 111 cm³/mol. The number of nitrogens with one attached hydrogen (secondary N) is 1. The number of nitrogens with zero attached hydrogens (tertiary/aromatic N) is 2. The molecule has 1 amide bonds. The van der Waals surface area contributed by atoms with E-state index < -0.39 is 16.1 Å². The molecule has 2 fully saturated rings. The number of carbonyl (C=O) groups excluding carboxylic acids is 1. The molecular weight excluding hydrogens is 386 g/mol. The van der Waals surface area contributed by atoms with Gasteiger partial charge in [-0.15, -0.1) is 0 Å². The van der Waals surface area contributed by atoms with Crippen molar-refractivity contribution in [3.63, 3.8) is 0 Å². The maximum absolute atomic E-state index is 12.9. The molecular formula is C18H35N3O4S2. The smallest absolute Gasteiger partial charge is 0.240 e. The molecule has 0 spiro atoms. The summed E-state index contributed by atoms with van der Waals surface area (Å²) in [6, 6.07) is -0.632. The molecule has 0 saturated carbocycles. The Morgan fingerprint density at radius 1 is 1.22 bits per heavy atom. The molecule has 0 bridgehead atoms. The molecule has 0 aromatic carbocycles. The van der Waals surface area contributed by atoms with E-state index in [0.717, 1.165) is 64.5 Å². The molecule has 2 rings (SSSR count). The third-order valence-corrected chi connectivity index (χ3v) is 7.54. The zero-order valence-electron chi connectivity index (χ0n) is 16.7. The van der Waals surface area contributed by atoms with Crippen molar-refractivity contribution in [1.29, 1.82) is 0 Å². The second-order valence-electron chi connectivity index (χ2n) is 7.37. The summed E-state index contributed by atoms with van der Waals surface area (Å²) in [6.45, 7) is 7.87. The van der Waals surface area contributed by atoms with Gasteiger partial charge in [-0.1, -0.05) is 0 Å². The van der Waals surface area contributed by atoms with Crippen molar-refractivity contribution in [2.45, 2.75) is 38.6 Å². The molecule has 2 heterocycles. The van der Waals surface area contributed by atoms with E-state index in [0.29, 0.717) is 12.3 Å². The number of sulfonamides is 1. The zero-order chi connectivity index (χ0) is 19.7. The molecule has 0 aromatic heterocycles. The van der Waals surface area contributed by atoms with Crippen LogP contribution in [0.2, 0.25) is 0 Å². The average Bonchev–Trinajstić information content (AvgIpc) is 2.70. The molecule has 0 radical (unpaired) electrons. The summed E-state index contributed by atoms with van der Waals surface area (Å²) in [6.07, 6.45) is 5.68. The van der Waals surface area contributed by atoms with Gasteiger partial charge in [0.15, 0.2) is 0 Å². The van der Waals surface area contributed by atoms with Crippen LogP contribution in [0.4, 0.5) is 0 Å². The highest BCUT2D eigenvalue weighted by Crippen LogP contribution is 2.22. The van der Waals surface area contributed by atoms with E-state index in [1.54, 1.807) is 18.7 Å². The SMILES string of the molecule is CCS(=O)(=O)NC(CCSC)C(=O)N1CCC(CCN2CCOCC2)CC1. The monoisotopic (exact) mass is 421 g/mol. The Kier molecular flexibility index (Phi) is 9.86. The van der Waals surface area contributed by atoms with E-state index in [2.05, 4.69) is 9.62 Å². The highest BCUT2D eigenvalue weighted by Gasteiger charge is 2.30. The van der Waals surface area contributed by atoms with Crippen molar-refractivity contribution in [1.82, 2.24) is 14.5 Å². The number of likely N-dealkylation sites (tertiary alicyclic amines) is 1. The van der Waals surface area contributed by atoms with E-state index in [1.807, 2.05) is 11.2 Å². The van der Waals surface area contributed by atoms with Gasteiger partial charge in [0.05, 0.1) is 19.0 Å². The van der Waals surface area contributed by atoms with Gasteiger partial charge in [0, 0.05) is 26.2 Å². The van der Waals surface area contributed by atoms with Gasteiger partial charge in [0.1, 0.15) is 6.04 Å². The van der Waals surface area contributed by atoms with Gasteiger partial charge in [0.25, 0.3) is 0 Å². The number of morpholine rings is 1. The minimum atomic E-state index is -3.39. The largest absolute Gasteiger partial charge is 0.379 e. The molecule has 1 unspecified atom stereocenters. The van der Waals surface area contributed by atoms with E-state index in [4.69, 9.17) is 4.74 Å². The Labute approximate surface area is 168 Å². The first-order valence-corrected chi connectivity index (χ1v) is 13.1. The van der Waals surface area contributed by atoms with Crippen molar-refractivity contribution < 1.29 is 17.9 Å². The number of rotatable bonds is 10. The third-order valence-electron chi connectivity index (χ3n) is 5.49. The lowest BCUT2D eigenvalue weighted by Gasteiger charge is -2.35. The van der Waals surface area contributed by atoms with Crippen LogP contribution < -0.4 is 4.72 Å². The van der Waals surface area contributed by atoms with Gasteiger partial charge in [-0.05, 0) is 57.1 Å². The Morgan fingerprint density at radius 3 is 2.48 bits per heavy atom. The van der Waals surface area contributed by atoms with Gasteiger partial charge in [0.2, 0.25) is 15.9 Å². The van der Waals surface area contributed by atoms with Gasteiger partial charge in [-0.2, -0.15) is 11.8 Å². The minimum absolute atomic E-state index is 0.000335. The lowest BCUT2D eigenvalue weighted by molar-refractivity contribution is -0.134. The average molecular weight is 422 g/mol. The summed E-state index contributed by atoms with van der Waals surface area (Å²) in [4.78, 5) is 17.2. The molecule has 1 atom stereocenters. The van der Waals surface area contributed by atoms with Crippen LogP contribution in [-0.2, 0) is 19.6 Å². The number of amides is 1. The molecule has 2 aliphatic heterocycles. The second kappa shape index (κ2) is 11.6. The quantitative estimate of drug-likeness (QED) is 0.567. The minimum Gasteiger partial charge on any atom is -0.379 e. The summed E-state index contributed by atoms with van der Waals surface area (Å²) < 4.78 is 31.9. The zero-order valence-corrected chi connectivity index (χ0v) is 18.3. The Bertz CT molecular complexity index is 545. The van der Waals surface area contributed by atoms with Crippen molar-refractivity contribution >= 4 is 27.7 Å². The first kappa shape index (κ1) is 22.9. The van der Waals surface area contributed by atoms with Gasteiger partial charge in [-0.25, -0.2) is 13.1 Å². The van der Waals surface area contributed by atoms with E-state index >= 15 is 0 Å². The van der Waals surface area contributed by atoms with Crippen molar-refractivity contribution in [3.05, 3.63) is 0 Å². The molecule has 158 valence electrons. The summed E-state index contributed by atoms with van der Waals surface area (Å²) >= 11 is 1.63. The Hall–Kier alpha value is -0.350. The number of carbonyl (C=O) groups is 1. The van der Waals surface area contributed by atoms with Crippen molar-refractivity contribution in [3.8, 4) is 0 Å². The predicted octanol–water partition coefficient (Wildman–Crippen LogP) is 1.01. The molecule has 7 nitrogen and oxygen atoms in total. The molecule has 0 aliphatic carbocycles. The summed E-state index contributed by atoms with van der Waals surface area (Å²) in [5.41, 5.74) is 0. The Balaban J connectivity index is 1.79.